The summed E-state index contributed by atoms with van der Waals surface area (Å²) in [5, 5.41) is 0. The van der Waals surface area contributed by atoms with E-state index in [-0.39, 0.29) is 11.2 Å². The van der Waals surface area contributed by atoms with E-state index in [4.69, 9.17) is 4.42 Å². The molecule has 0 fully saturated rings. The maximum atomic E-state index is 11.6. The molecular formula is C9H11BrO2. The van der Waals surface area contributed by atoms with Crippen molar-refractivity contribution in [3.05, 3.63) is 22.6 Å². The molecule has 0 bridgehead atoms. The van der Waals surface area contributed by atoms with Gasteiger partial charge in [-0.2, -0.15) is 0 Å². The molecule has 66 valence electrons. The summed E-state index contributed by atoms with van der Waals surface area (Å²) in [4.78, 5) is 11.6. The zero-order valence-corrected chi connectivity index (χ0v) is 8.94. The van der Waals surface area contributed by atoms with Crippen LogP contribution in [-0.4, -0.2) is 5.78 Å². The van der Waals surface area contributed by atoms with Crippen LogP contribution in [0.4, 0.5) is 0 Å². The Bertz CT molecular complexity index is 294. The second-order valence-electron chi connectivity index (χ2n) is 3.68. The minimum Gasteiger partial charge on any atom is -0.446 e. The van der Waals surface area contributed by atoms with Crippen molar-refractivity contribution < 1.29 is 9.21 Å². The molecule has 2 nitrogen and oxygen atoms in total. The van der Waals surface area contributed by atoms with Crippen molar-refractivity contribution in [1.29, 1.82) is 0 Å². The summed E-state index contributed by atoms with van der Waals surface area (Å²) in [7, 11) is 0. The van der Waals surface area contributed by atoms with Crippen LogP contribution in [0.3, 0.4) is 0 Å². The number of ketones is 1. The fourth-order valence-electron chi connectivity index (χ4n) is 0.806. The smallest absolute Gasteiger partial charge is 0.203 e. The molecule has 0 aromatic carbocycles. The standard InChI is InChI=1S/C9H11BrO2/c1-9(2,3)8(11)6-4-5-7(10)12-6/h4-5H,1-3H3. The number of halogens is 1. The molecule has 0 amide bonds. The van der Waals surface area contributed by atoms with Gasteiger partial charge in [0.1, 0.15) is 0 Å². The van der Waals surface area contributed by atoms with Crippen molar-refractivity contribution in [3.8, 4) is 0 Å². The summed E-state index contributed by atoms with van der Waals surface area (Å²) >= 11 is 3.15. The highest BCUT2D eigenvalue weighted by molar-refractivity contribution is 9.10. The highest BCUT2D eigenvalue weighted by atomic mass is 79.9. The average Bonchev–Trinajstić information content (AvgIpc) is 2.32. The van der Waals surface area contributed by atoms with Gasteiger partial charge >= 0.3 is 0 Å². The van der Waals surface area contributed by atoms with Crippen molar-refractivity contribution in [1.82, 2.24) is 0 Å². The van der Waals surface area contributed by atoms with E-state index in [0.29, 0.717) is 10.4 Å². The van der Waals surface area contributed by atoms with E-state index in [1.165, 1.54) is 0 Å². The average molecular weight is 231 g/mol. The molecule has 0 aliphatic heterocycles. The van der Waals surface area contributed by atoms with E-state index in [1.807, 2.05) is 20.8 Å². The van der Waals surface area contributed by atoms with Crippen LogP contribution >= 0.6 is 15.9 Å². The van der Waals surface area contributed by atoms with Crippen LogP contribution < -0.4 is 0 Å². The summed E-state index contributed by atoms with van der Waals surface area (Å²) in [6.45, 7) is 5.60. The van der Waals surface area contributed by atoms with Crippen LogP contribution in [0.5, 0.6) is 0 Å². The number of furan rings is 1. The monoisotopic (exact) mass is 230 g/mol. The van der Waals surface area contributed by atoms with Crippen LogP contribution in [0.2, 0.25) is 0 Å². The largest absolute Gasteiger partial charge is 0.446 e. The van der Waals surface area contributed by atoms with Crippen LogP contribution in [0.1, 0.15) is 31.3 Å². The van der Waals surface area contributed by atoms with E-state index in [2.05, 4.69) is 15.9 Å². The van der Waals surface area contributed by atoms with Crippen molar-refractivity contribution >= 4 is 21.7 Å². The third kappa shape index (κ3) is 1.97. The minimum absolute atomic E-state index is 0.0215. The van der Waals surface area contributed by atoms with Crippen molar-refractivity contribution in [3.63, 3.8) is 0 Å². The molecule has 12 heavy (non-hydrogen) atoms. The second-order valence-corrected chi connectivity index (χ2v) is 4.46. The molecule has 0 spiro atoms. The normalized spacial score (nSPS) is 11.7. The number of carbonyl (C=O) groups excluding carboxylic acids is 1. The fraction of sp³-hybridized carbons (Fsp3) is 0.444. The fourth-order valence-corrected chi connectivity index (χ4v) is 1.11. The quantitative estimate of drug-likeness (QED) is 0.694. The number of Topliss-reactive ketones (excluding diaryl/α,β-unsaturated/α-hetero) is 1. The van der Waals surface area contributed by atoms with Gasteiger partial charge in [0, 0.05) is 5.41 Å². The third-order valence-corrected chi connectivity index (χ3v) is 1.90. The van der Waals surface area contributed by atoms with Gasteiger partial charge in [0.15, 0.2) is 10.4 Å². The second kappa shape index (κ2) is 3.05. The Hall–Kier alpha value is -0.570. The molecular weight excluding hydrogens is 220 g/mol. The van der Waals surface area contributed by atoms with Crippen LogP contribution in [0.15, 0.2) is 21.2 Å². The topological polar surface area (TPSA) is 30.2 Å². The highest BCUT2D eigenvalue weighted by Gasteiger charge is 2.25. The molecule has 3 heteroatoms. The summed E-state index contributed by atoms with van der Waals surface area (Å²) in [5.41, 5.74) is -0.378. The van der Waals surface area contributed by atoms with E-state index < -0.39 is 0 Å². The summed E-state index contributed by atoms with van der Waals surface area (Å²) < 4.78 is 5.73. The van der Waals surface area contributed by atoms with Crippen molar-refractivity contribution in [2.45, 2.75) is 20.8 Å². The Balaban J connectivity index is 2.93. The molecule has 1 aromatic rings. The zero-order valence-electron chi connectivity index (χ0n) is 7.35. The molecule has 0 aliphatic rings. The SMILES string of the molecule is CC(C)(C)C(=O)c1ccc(Br)o1. The van der Waals surface area contributed by atoms with Gasteiger partial charge in [0.25, 0.3) is 0 Å². The maximum Gasteiger partial charge on any atom is 0.203 e. The van der Waals surface area contributed by atoms with Gasteiger partial charge in [-0.25, -0.2) is 0 Å². The van der Waals surface area contributed by atoms with Crippen LogP contribution in [-0.2, 0) is 0 Å². The Morgan fingerprint density at radius 3 is 2.33 bits per heavy atom. The summed E-state index contributed by atoms with van der Waals surface area (Å²) in [5.74, 6) is 0.433. The molecule has 0 N–H and O–H groups in total. The van der Waals surface area contributed by atoms with Gasteiger partial charge in [-0.15, -0.1) is 0 Å². The maximum absolute atomic E-state index is 11.6. The van der Waals surface area contributed by atoms with Crippen LogP contribution in [0, 0.1) is 5.41 Å². The van der Waals surface area contributed by atoms with Crippen LogP contribution in [0.25, 0.3) is 0 Å². The summed E-state index contributed by atoms with van der Waals surface area (Å²) in [6, 6.07) is 3.40. The molecule has 0 saturated heterocycles. The van der Waals surface area contributed by atoms with Gasteiger partial charge in [-0.3, -0.25) is 4.79 Å². The molecule has 0 unspecified atom stereocenters. The van der Waals surface area contributed by atoms with Gasteiger partial charge in [-0.05, 0) is 28.1 Å². The molecule has 1 aromatic heterocycles. The van der Waals surface area contributed by atoms with E-state index in [9.17, 15) is 4.79 Å². The van der Waals surface area contributed by atoms with Gasteiger partial charge < -0.3 is 4.42 Å². The lowest BCUT2D eigenvalue weighted by molar-refractivity contribution is 0.0827. The predicted octanol–water partition coefficient (Wildman–Crippen LogP) is 3.27. The van der Waals surface area contributed by atoms with Gasteiger partial charge in [0.2, 0.25) is 5.78 Å². The Kier molecular flexibility index (Phi) is 2.42. The lowest BCUT2D eigenvalue weighted by Gasteiger charge is -2.13. The molecule has 0 saturated carbocycles. The molecule has 1 heterocycles. The first kappa shape index (κ1) is 9.52. The first-order valence-electron chi connectivity index (χ1n) is 3.71. The lowest BCUT2D eigenvalue weighted by Crippen LogP contribution is -2.19. The van der Waals surface area contributed by atoms with Crippen molar-refractivity contribution in [2.75, 3.05) is 0 Å². The molecule has 0 radical (unpaired) electrons. The summed E-state index contributed by atoms with van der Waals surface area (Å²) in [6.07, 6.45) is 0. The Morgan fingerprint density at radius 1 is 1.42 bits per heavy atom. The lowest BCUT2D eigenvalue weighted by atomic mass is 9.89. The number of carbonyl (C=O) groups is 1. The first-order valence-corrected chi connectivity index (χ1v) is 4.51. The Morgan fingerprint density at radius 2 is 2.00 bits per heavy atom. The van der Waals surface area contributed by atoms with E-state index in [0.717, 1.165) is 0 Å². The predicted molar refractivity (Wildman–Crippen MR) is 50.2 cm³/mol. The minimum atomic E-state index is -0.378. The molecule has 0 atom stereocenters. The molecule has 1 rings (SSSR count). The third-order valence-electron chi connectivity index (χ3n) is 1.48. The zero-order chi connectivity index (χ0) is 9.35. The Labute approximate surface area is 80.1 Å². The van der Waals surface area contributed by atoms with Crippen molar-refractivity contribution in [2.24, 2.45) is 5.41 Å². The highest BCUT2D eigenvalue weighted by Crippen LogP contribution is 2.23. The number of hydrogen-bond donors (Lipinski definition) is 0. The van der Waals surface area contributed by atoms with E-state index >= 15 is 0 Å². The molecule has 0 aliphatic carbocycles. The number of rotatable bonds is 1. The number of hydrogen-bond acceptors (Lipinski definition) is 2. The van der Waals surface area contributed by atoms with Gasteiger partial charge in [0.05, 0.1) is 0 Å². The van der Waals surface area contributed by atoms with Gasteiger partial charge in [-0.1, -0.05) is 20.8 Å². The van der Waals surface area contributed by atoms with E-state index in [1.54, 1.807) is 12.1 Å². The first-order chi connectivity index (χ1) is 5.41.